The lowest BCUT2D eigenvalue weighted by atomic mass is 10.0. The zero-order valence-electron chi connectivity index (χ0n) is 10.6. The second-order valence-electron chi connectivity index (χ2n) is 4.96. The van der Waals surface area contributed by atoms with E-state index in [0.29, 0.717) is 11.8 Å². The van der Waals surface area contributed by atoms with Gasteiger partial charge < -0.3 is 10.1 Å². The number of rotatable bonds is 4. The van der Waals surface area contributed by atoms with Gasteiger partial charge in [0.15, 0.2) is 5.75 Å². The standard InChI is InChI=1S/C13H21N3O/c1-10(2)13-15-7-12(8-16-13)17-9-11-4-3-5-14-6-11/h7-8,10-11,14H,3-6,9H2,1-2H3. The van der Waals surface area contributed by atoms with Crippen molar-refractivity contribution in [3.05, 3.63) is 18.2 Å². The molecule has 17 heavy (non-hydrogen) atoms. The van der Waals surface area contributed by atoms with Crippen LogP contribution in [0.2, 0.25) is 0 Å². The molecule has 1 atom stereocenters. The Kier molecular flexibility index (Phi) is 4.31. The summed E-state index contributed by atoms with van der Waals surface area (Å²) in [6.45, 7) is 7.14. The fourth-order valence-corrected chi connectivity index (χ4v) is 1.98. The maximum atomic E-state index is 5.72. The molecule has 4 heteroatoms. The molecule has 1 unspecified atom stereocenters. The van der Waals surface area contributed by atoms with E-state index in [1.165, 1.54) is 12.8 Å². The number of piperidine rings is 1. The minimum Gasteiger partial charge on any atom is -0.490 e. The van der Waals surface area contributed by atoms with Crippen LogP contribution in [0.15, 0.2) is 12.4 Å². The van der Waals surface area contributed by atoms with Gasteiger partial charge in [0.2, 0.25) is 0 Å². The lowest BCUT2D eigenvalue weighted by molar-refractivity contribution is 0.217. The van der Waals surface area contributed by atoms with Crippen LogP contribution in [-0.2, 0) is 0 Å². The summed E-state index contributed by atoms with van der Waals surface area (Å²) in [5.74, 6) is 2.64. The molecule has 0 saturated carbocycles. The van der Waals surface area contributed by atoms with E-state index in [1.54, 1.807) is 12.4 Å². The Labute approximate surface area is 103 Å². The summed E-state index contributed by atoms with van der Waals surface area (Å²) in [5.41, 5.74) is 0. The van der Waals surface area contributed by atoms with Crippen molar-refractivity contribution in [3.8, 4) is 5.75 Å². The molecule has 0 bridgehead atoms. The number of ether oxygens (including phenoxy) is 1. The molecule has 0 aromatic carbocycles. The smallest absolute Gasteiger partial charge is 0.155 e. The van der Waals surface area contributed by atoms with Crippen LogP contribution in [0.25, 0.3) is 0 Å². The van der Waals surface area contributed by atoms with Gasteiger partial charge in [0.1, 0.15) is 5.82 Å². The van der Waals surface area contributed by atoms with Crippen LogP contribution in [0.1, 0.15) is 38.4 Å². The average molecular weight is 235 g/mol. The number of hydrogen-bond donors (Lipinski definition) is 1. The van der Waals surface area contributed by atoms with Gasteiger partial charge in [0, 0.05) is 18.4 Å². The highest BCUT2D eigenvalue weighted by Gasteiger charge is 2.13. The molecule has 94 valence electrons. The van der Waals surface area contributed by atoms with Crippen molar-refractivity contribution in [1.82, 2.24) is 15.3 Å². The predicted molar refractivity (Wildman–Crippen MR) is 67.2 cm³/mol. The Hall–Kier alpha value is -1.16. The Balaban J connectivity index is 1.82. The fourth-order valence-electron chi connectivity index (χ4n) is 1.98. The molecule has 4 nitrogen and oxygen atoms in total. The van der Waals surface area contributed by atoms with Crippen LogP contribution >= 0.6 is 0 Å². The zero-order chi connectivity index (χ0) is 12.1. The number of aromatic nitrogens is 2. The normalized spacial score (nSPS) is 20.5. The summed E-state index contributed by atoms with van der Waals surface area (Å²) in [4.78, 5) is 8.58. The van der Waals surface area contributed by atoms with Crippen molar-refractivity contribution in [2.45, 2.75) is 32.6 Å². The summed E-state index contributed by atoms with van der Waals surface area (Å²) in [6, 6.07) is 0. The SMILES string of the molecule is CC(C)c1ncc(OCC2CCCNC2)cn1. The molecule has 1 aliphatic heterocycles. The van der Waals surface area contributed by atoms with Crippen LogP contribution < -0.4 is 10.1 Å². The Morgan fingerprint density at radius 3 is 2.76 bits per heavy atom. The first kappa shape index (κ1) is 12.3. The second kappa shape index (κ2) is 5.96. The average Bonchev–Trinajstić information content (AvgIpc) is 2.38. The van der Waals surface area contributed by atoms with Crippen LogP contribution in [0.3, 0.4) is 0 Å². The van der Waals surface area contributed by atoms with Gasteiger partial charge in [-0.25, -0.2) is 9.97 Å². The molecule has 1 aromatic rings. The molecule has 0 radical (unpaired) electrons. The Bertz CT molecular complexity index is 331. The van der Waals surface area contributed by atoms with Gasteiger partial charge in [-0.15, -0.1) is 0 Å². The first-order valence-corrected chi connectivity index (χ1v) is 6.41. The molecule has 2 rings (SSSR count). The summed E-state index contributed by atoms with van der Waals surface area (Å²) in [5, 5.41) is 3.38. The van der Waals surface area contributed by atoms with Gasteiger partial charge in [-0.3, -0.25) is 0 Å². The summed E-state index contributed by atoms with van der Waals surface area (Å²) < 4.78 is 5.72. The van der Waals surface area contributed by atoms with Crippen LogP contribution in [-0.4, -0.2) is 29.7 Å². The third-order valence-electron chi connectivity index (χ3n) is 3.05. The highest BCUT2D eigenvalue weighted by atomic mass is 16.5. The van der Waals surface area contributed by atoms with E-state index in [-0.39, 0.29) is 0 Å². The van der Waals surface area contributed by atoms with E-state index in [4.69, 9.17) is 4.74 Å². The van der Waals surface area contributed by atoms with E-state index in [2.05, 4.69) is 29.1 Å². The Morgan fingerprint density at radius 1 is 1.41 bits per heavy atom. The summed E-state index contributed by atoms with van der Waals surface area (Å²) in [6.07, 6.45) is 6.05. The second-order valence-corrected chi connectivity index (χ2v) is 4.96. The van der Waals surface area contributed by atoms with Gasteiger partial charge in [-0.05, 0) is 19.4 Å². The zero-order valence-corrected chi connectivity index (χ0v) is 10.6. The van der Waals surface area contributed by atoms with Gasteiger partial charge in [0.05, 0.1) is 19.0 Å². The quantitative estimate of drug-likeness (QED) is 0.867. The molecule has 0 amide bonds. The van der Waals surface area contributed by atoms with Crippen LogP contribution in [0.5, 0.6) is 5.75 Å². The van der Waals surface area contributed by atoms with Gasteiger partial charge >= 0.3 is 0 Å². The third kappa shape index (κ3) is 3.66. The molecule has 1 aromatic heterocycles. The van der Waals surface area contributed by atoms with Crippen molar-refractivity contribution in [3.63, 3.8) is 0 Å². The molecule has 1 aliphatic rings. The van der Waals surface area contributed by atoms with Crippen LogP contribution in [0, 0.1) is 5.92 Å². The molecule has 0 aliphatic carbocycles. The topological polar surface area (TPSA) is 47.0 Å². The highest BCUT2D eigenvalue weighted by Crippen LogP contribution is 2.15. The number of nitrogens with one attached hydrogen (secondary N) is 1. The minimum absolute atomic E-state index is 0.367. The molecule has 2 heterocycles. The van der Waals surface area contributed by atoms with E-state index in [0.717, 1.165) is 31.3 Å². The van der Waals surface area contributed by atoms with Gasteiger partial charge in [0.25, 0.3) is 0 Å². The van der Waals surface area contributed by atoms with Crippen molar-refractivity contribution >= 4 is 0 Å². The number of hydrogen-bond acceptors (Lipinski definition) is 4. The predicted octanol–water partition coefficient (Wildman–Crippen LogP) is 1.98. The highest BCUT2D eigenvalue weighted by molar-refractivity contribution is 5.13. The molecule has 1 fully saturated rings. The monoisotopic (exact) mass is 235 g/mol. The van der Waals surface area contributed by atoms with Gasteiger partial charge in [-0.1, -0.05) is 13.8 Å². The van der Waals surface area contributed by atoms with Crippen molar-refractivity contribution in [1.29, 1.82) is 0 Å². The van der Waals surface area contributed by atoms with E-state index in [9.17, 15) is 0 Å². The Morgan fingerprint density at radius 2 is 2.18 bits per heavy atom. The minimum atomic E-state index is 0.367. The summed E-state index contributed by atoms with van der Waals surface area (Å²) in [7, 11) is 0. The molecule has 1 N–H and O–H groups in total. The fraction of sp³-hybridized carbons (Fsp3) is 0.692. The molecule has 0 spiro atoms. The van der Waals surface area contributed by atoms with E-state index in [1.807, 2.05) is 0 Å². The van der Waals surface area contributed by atoms with Crippen molar-refractivity contribution in [2.75, 3.05) is 19.7 Å². The van der Waals surface area contributed by atoms with Crippen LogP contribution in [0.4, 0.5) is 0 Å². The lowest BCUT2D eigenvalue weighted by Gasteiger charge is -2.22. The maximum Gasteiger partial charge on any atom is 0.155 e. The molecular weight excluding hydrogens is 214 g/mol. The third-order valence-corrected chi connectivity index (χ3v) is 3.05. The molecule has 1 saturated heterocycles. The van der Waals surface area contributed by atoms with E-state index < -0.39 is 0 Å². The lowest BCUT2D eigenvalue weighted by Crippen LogP contribution is -2.33. The maximum absolute atomic E-state index is 5.72. The molecular formula is C13H21N3O. The number of nitrogens with zero attached hydrogens (tertiary/aromatic N) is 2. The largest absolute Gasteiger partial charge is 0.490 e. The summed E-state index contributed by atoms with van der Waals surface area (Å²) >= 11 is 0. The van der Waals surface area contributed by atoms with Crippen molar-refractivity contribution < 1.29 is 4.74 Å². The first-order chi connectivity index (χ1) is 8.25. The van der Waals surface area contributed by atoms with Crippen molar-refractivity contribution in [2.24, 2.45) is 5.92 Å². The first-order valence-electron chi connectivity index (χ1n) is 6.41. The van der Waals surface area contributed by atoms with E-state index >= 15 is 0 Å². The van der Waals surface area contributed by atoms with Gasteiger partial charge in [-0.2, -0.15) is 0 Å².